The van der Waals surface area contributed by atoms with E-state index in [-0.39, 0.29) is 13.0 Å². The molecule has 0 spiro atoms. The smallest absolute Gasteiger partial charge is 0.318 e. The van der Waals surface area contributed by atoms with Crippen molar-refractivity contribution in [3.05, 3.63) is 115 Å². The van der Waals surface area contributed by atoms with Crippen molar-refractivity contribution in [2.24, 2.45) is 0 Å². The fourth-order valence-electron chi connectivity index (χ4n) is 4.85. The first-order valence-corrected chi connectivity index (χ1v) is 13.6. The van der Waals surface area contributed by atoms with Gasteiger partial charge in [-0.25, -0.2) is 4.79 Å². The molecule has 1 heterocycles. The zero-order chi connectivity index (χ0) is 30.2. The third-order valence-electron chi connectivity index (χ3n) is 6.82. The summed E-state index contributed by atoms with van der Waals surface area (Å²) >= 11 is 0. The van der Waals surface area contributed by atoms with Crippen molar-refractivity contribution in [2.75, 3.05) is 33.1 Å². The van der Waals surface area contributed by atoms with Crippen LogP contribution in [0.3, 0.4) is 0 Å². The van der Waals surface area contributed by atoms with E-state index >= 15 is 0 Å². The molecule has 1 aliphatic heterocycles. The second-order valence-corrected chi connectivity index (χ2v) is 9.61. The molecule has 0 aliphatic carbocycles. The Balaban J connectivity index is 1.55. The average molecular weight is 573 g/mol. The Bertz CT molecular complexity index is 1660. The summed E-state index contributed by atoms with van der Waals surface area (Å²) in [5, 5.41) is 14.4. The molecule has 10 heteroatoms. The normalized spacial score (nSPS) is 14.3. The van der Waals surface area contributed by atoms with Gasteiger partial charge in [0.05, 0.1) is 23.9 Å². The largest absolute Gasteiger partial charge is 0.320 e. The van der Waals surface area contributed by atoms with Gasteiger partial charge in [0.2, 0.25) is 5.91 Å². The number of carbonyl (C=O) groups excluding carboxylic acids is 4. The van der Waals surface area contributed by atoms with Crippen molar-refractivity contribution >= 4 is 52.2 Å². The second-order valence-electron chi connectivity index (χ2n) is 9.61. The summed E-state index contributed by atoms with van der Waals surface area (Å²) in [7, 11) is 0. The van der Waals surface area contributed by atoms with E-state index in [9.17, 15) is 24.4 Å². The highest BCUT2D eigenvalue weighted by Gasteiger charge is 2.42. The summed E-state index contributed by atoms with van der Waals surface area (Å²) in [5.41, 5.74) is 2.21. The lowest BCUT2D eigenvalue weighted by atomic mass is 10.2. The van der Waals surface area contributed by atoms with Crippen molar-refractivity contribution in [1.29, 1.82) is 5.26 Å². The lowest BCUT2D eigenvalue weighted by molar-refractivity contribution is -0.129. The Morgan fingerprint density at radius 3 is 2.00 bits per heavy atom. The van der Waals surface area contributed by atoms with Gasteiger partial charge >= 0.3 is 6.03 Å². The number of urea groups is 1. The minimum Gasteiger partial charge on any atom is -0.318 e. The summed E-state index contributed by atoms with van der Waals surface area (Å²) in [6.07, 6.45) is 0.0786. The van der Waals surface area contributed by atoms with Crippen LogP contribution in [0.1, 0.15) is 6.42 Å². The number of hydrogen-bond donors (Lipinski definition) is 2. The van der Waals surface area contributed by atoms with Crippen molar-refractivity contribution in [3.63, 3.8) is 0 Å². The van der Waals surface area contributed by atoms with E-state index < -0.39 is 36.3 Å². The quantitative estimate of drug-likeness (QED) is 0.293. The van der Waals surface area contributed by atoms with Crippen molar-refractivity contribution < 1.29 is 19.2 Å². The van der Waals surface area contributed by atoms with Gasteiger partial charge in [-0.3, -0.25) is 24.2 Å². The summed E-state index contributed by atoms with van der Waals surface area (Å²) in [5.74, 6) is -1.93. The predicted octanol–water partition coefficient (Wildman–Crippen LogP) is 4.84. The first-order chi connectivity index (χ1) is 21.0. The second kappa shape index (κ2) is 13.1. The van der Waals surface area contributed by atoms with Crippen LogP contribution in [0.5, 0.6) is 0 Å². The van der Waals surface area contributed by atoms with E-state index in [0.717, 1.165) is 0 Å². The number of benzene rings is 4. The Kier molecular flexibility index (Phi) is 8.73. The average Bonchev–Trinajstić information content (AvgIpc) is 3.11. The standard InChI is InChI=1S/C33H28N6O4/c34-21-12-22-37(25-15-6-2-7-16-25)29(40)23-38-27-19-10-11-20-28(27)39(26-17-8-3-9-18-26)32(42)30(31(38)41)36-33(43)35-24-13-4-1-5-14-24/h1-11,13-20,30H,12,22-23H2,(H2,35,36,43). The van der Waals surface area contributed by atoms with Crippen molar-refractivity contribution in [3.8, 4) is 6.07 Å². The maximum atomic E-state index is 14.2. The molecule has 43 heavy (non-hydrogen) atoms. The molecule has 10 nitrogen and oxygen atoms in total. The van der Waals surface area contributed by atoms with Gasteiger partial charge in [-0.05, 0) is 48.5 Å². The number of nitrogens with zero attached hydrogens (tertiary/aromatic N) is 4. The van der Waals surface area contributed by atoms with Crippen LogP contribution in [-0.2, 0) is 14.4 Å². The fraction of sp³-hybridized carbons (Fsp3) is 0.121. The number of amides is 5. The number of nitriles is 1. The molecule has 0 fully saturated rings. The molecular weight excluding hydrogens is 544 g/mol. The number of nitrogens with one attached hydrogen (secondary N) is 2. The highest BCUT2D eigenvalue weighted by atomic mass is 16.2. The van der Waals surface area contributed by atoms with Crippen LogP contribution in [0.4, 0.5) is 33.2 Å². The van der Waals surface area contributed by atoms with E-state index in [2.05, 4.69) is 16.7 Å². The van der Waals surface area contributed by atoms with Crippen LogP contribution in [0, 0.1) is 11.3 Å². The topological polar surface area (TPSA) is 126 Å². The van der Waals surface area contributed by atoms with Gasteiger partial charge in [0.15, 0.2) is 6.04 Å². The monoisotopic (exact) mass is 572 g/mol. The van der Waals surface area contributed by atoms with Crippen molar-refractivity contribution in [2.45, 2.75) is 12.5 Å². The lowest BCUT2D eigenvalue weighted by Gasteiger charge is -2.28. The van der Waals surface area contributed by atoms with E-state index in [0.29, 0.717) is 28.4 Å². The van der Waals surface area contributed by atoms with E-state index in [1.165, 1.54) is 14.7 Å². The molecule has 5 amide bonds. The van der Waals surface area contributed by atoms with Crippen LogP contribution < -0.4 is 25.3 Å². The molecule has 0 saturated heterocycles. The van der Waals surface area contributed by atoms with Crippen molar-refractivity contribution in [1.82, 2.24) is 5.32 Å². The Labute approximate surface area is 248 Å². The minimum absolute atomic E-state index is 0.0786. The van der Waals surface area contributed by atoms with Crippen LogP contribution >= 0.6 is 0 Å². The maximum Gasteiger partial charge on any atom is 0.320 e. The minimum atomic E-state index is -1.66. The molecule has 4 aromatic rings. The van der Waals surface area contributed by atoms with Crippen LogP contribution in [0.25, 0.3) is 0 Å². The number of carbonyl (C=O) groups is 4. The summed E-state index contributed by atoms with van der Waals surface area (Å²) in [6, 6.07) is 32.6. The molecule has 4 aromatic carbocycles. The van der Waals surface area contributed by atoms with E-state index in [1.54, 1.807) is 109 Å². The van der Waals surface area contributed by atoms with Crippen LogP contribution in [0.15, 0.2) is 115 Å². The van der Waals surface area contributed by atoms with E-state index in [4.69, 9.17) is 0 Å². The Morgan fingerprint density at radius 1 is 0.767 bits per heavy atom. The molecule has 1 unspecified atom stereocenters. The number of fused-ring (bicyclic) bond motifs is 1. The number of hydrogen-bond acceptors (Lipinski definition) is 5. The number of anilines is 5. The van der Waals surface area contributed by atoms with E-state index in [1.807, 2.05) is 6.07 Å². The zero-order valence-electron chi connectivity index (χ0n) is 23.1. The van der Waals surface area contributed by atoms with Gasteiger partial charge in [-0.15, -0.1) is 0 Å². The van der Waals surface area contributed by atoms with Gasteiger partial charge in [0.1, 0.15) is 6.54 Å². The lowest BCUT2D eigenvalue weighted by Crippen LogP contribution is -2.57. The molecule has 0 saturated carbocycles. The SMILES string of the molecule is N#CCCN(C(=O)CN1C(=O)C(NC(=O)Nc2ccccc2)C(=O)N(c2ccccc2)c2ccccc21)c1ccccc1. The summed E-state index contributed by atoms with van der Waals surface area (Å²) in [6.45, 7) is -0.330. The van der Waals surface area contributed by atoms with Crippen LogP contribution in [0.2, 0.25) is 0 Å². The summed E-state index contributed by atoms with van der Waals surface area (Å²) in [4.78, 5) is 59.3. The van der Waals surface area contributed by atoms with Crippen LogP contribution in [-0.4, -0.2) is 42.9 Å². The van der Waals surface area contributed by atoms with Gasteiger partial charge in [-0.1, -0.05) is 66.7 Å². The van der Waals surface area contributed by atoms with Gasteiger partial charge < -0.3 is 15.5 Å². The zero-order valence-corrected chi connectivity index (χ0v) is 23.1. The molecular formula is C33H28N6O4. The Morgan fingerprint density at radius 2 is 1.35 bits per heavy atom. The predicted molar refractivity (Wildman–Crippen MR) is 164 cm³/mol. The molecule has 0 aromatic heterocycles. The number of rotatable bonds is 8. The fourth-order valence-corrected chi connectivity index (χ4v) is 4.85. The highest BCUT2D eigenvalue weighted by molar-refractivity contribution is 6.25. The molecule has 1 atom stereocenters. The third kappa shape index (κ3) is 6.36. The molecule has 0 radical (unpaired) electrons. The molecule has 2 N–H and O–H groups in total. The number of para-hydroxylation sites is 5. The van der Waals surface area contributed by atoms with Gasteiger partial charge in [0.25, 0.3) is 11.8 Å². The highest BCUT2D eigenvalue weighted by Crippen LogP contribution is 2.38. The molecule has 214 valence electrons. The summed E-state index contributed by atoms with van der Waals surface area (Å²) < 4.78 is 0. The van der Waals surface area contributed by atoms with Gasteiger partial charge in [0, 0.05) is 23.6 Å². The third-order valence-corrected chi connectivity index (χ3v) is 6.82. The molecule has 5 rings (SSSR count). The van der Waals surface area contributed by atoms with Gasteiger partial charge in [-0.2, -0.15) is 5.26 Å². The maximum absolute atomic E-state index is 14.2. The first-order valence-electron chi connectivity index (χ1n) is 13.6. The molecule has 0 bridgehead atoms. The molecule has 1 aliphatic rings. The first kappa shape index (κ1) is 28.6. The Hall–Kier alpha value is -5.95.